The molecular weight excluding hydrogens is 1200 g/mol. The number of rotatable bonds is 77. The lowest BCUT2D eigenvalue weighted by atomic mass is 10.0. The molecule has 0 radical (unpaired) electrons. The zero-order chi connectivity index (χ0) is 70.4. The standard InChI is InChI=1S/C88H157NO8/c1-6-8-10-12-14-16-18-20-22-24-26-28-30-32-34-36-38-40-41-42-43-44-45-47-48-50-52-54-56-58-60-62-64-66-68-70-72-74-76-78-85(90)95-82-84(83-96-88(87(92)93)94-81-80-89(3,4)5)97-86(91)79-77-75-73-71-69-67-65-63-61-59-57-55-53-51-49-46-39-37-35-33-31-29-27-25-23-21-19-17-15-13-11-9-7-2/h9,11,15,17-18,20-21,23-24,26-27,29-30,32-33,35,84,88H,6-8,10,12-14,16,19,22,25,28,31,34,36-83H2,1-5H3/p+1/b11-9-,17-15-,20-18-,23-21-,26-24-,29-27-,32-30-,35-33-. The van der Waals surface area contributed by atoms with Crippen molar-refractivity contribution < 1.29 is 42.9 Å². The van der Waals surface area contributed by atoms with E-state index in [2.05, 4.69) is 111 Å². The summed E-state index contributed by atoms with van der Waals surface area (Å²) in [7, 11) is 5.99. The minimum Gasteiger partial charge on any atom is -0.477 e. The Labute approximate surface area is 601 Å². The fourth-order valence-corrected chi connectivity index (χ4v) is 12.1. The van der Waals surface area contributed by atoms with Crippen LogP contribution in [0.1, 0.15) is 386 Å². The molecule has 0 spiro atoms. The third-order valence-corrected chi connectivity index (χ3v) is 18.3. The number of allylic oxidation sites excluding steroid dienone is 16. The molecule has 0 rings (SSSR count). The van der Waals surface area contributed by atoms with E-state index in [1.54, 1.807) is 0 Å². The summed E-state index contributed by atoms with van der Waals surface area (Å²) in [6.45, 7) is 4.80. The molecule has 0 aliphatic rings. The topological polar surface area (TPSA) is 108 Å². The van der Waals surface area contributed by atoms with Crippen molar-refractivity contribution in [3.8, 4) is 0 Å². The molecule has 2 atom stereocenters. The van der Waals surface area contributed by atoms with Crippen LogP contribution in [0.25, 0.3) is 0 Å². The van der Waals surface area contributed by atoms with Gasteiger partial charge in [-0.3, -0.25) is 9.59 Å². The summed E-state index contributed by atoms with van der Waals surface area (Å²) >= 11 is 0. The molecule has 1 N–H and O–H groups in total. The Bertz CT molecular complexity index is 1920. The number of hydrogen-bond acceptors (Lipinski definition) is 7. The highest BCUT2D eigenvalue weighted by atomic mass is 16.7. The zero-order valence-electron chi connectivity index (χ0n) is 64.5. The third-order valence-electron chi connectivity index (χ3n) is 18.3. The van der Waals surface area contributed by atoms with Gasteiger partial charge in [0.2, 0.25) is 0 Å². The molecule has 97 heavy (non-hydrogen) atoms. The molecule has 0 amide bonds. The van der Waals surface area contributed by atoms with Gasteiger partial charge in [0.25, 0.3) is 6.29 Å². The Morgan fingerprint density at radius 1 is 0.320 bits per heavy atom. The maximum absolute atomic E-state index is 13.0. The van der Waals surface area contributed by atoms with Crippen LogP contribution < -0.4 is 0 Å². The molecule has 9 heteroatoms. The largest absolute Gasteiger partial charge is 0.477 e. The highest BCUT2D eigenvalue weighted by molar-refractivity contribution is 5.71. The number of hydrogen-bond donors (Lipinski definition) is 1. The van der Waals surface area contributed by atoms with E-state index in [4.69, 9.17) is 18.9 Å². The summed E-state index contributed by atoms with van der Waals surface area (Å²) in [4.78, 5) is 37.8. The average molecular weight is 1360 g/mol. The van der Waals surface area contributed by atoms with E-state index in [0.717, 1.165) is 83.5 Å². The first-order chi connectivity index (χ1) is 47.6. The Hall–Kier alpha value is -3.79. The minimum absolute atomic E-state index is 0.180. The predicted molar refractivity (Wildman–Crippen MR) is 419 cm³/mol. The summed E-state index contributed by atoms with van der Waals surface area (Å²) < 4.78 is 23.1. The van der Waals surface area contributed by atoms with Gasteiger partial charge in [0.1, 0.15) is 13.2 Å². The Morgan fingerprint density at radius 3 is 0.876 bits per heavy atom. The summed E-state index contributed by atoms with van der Waals surface area (Å²) in [5.74, 6) is -1.98. The second kappa shape index (κ2) is 77.9. The van der Waals surface area contributed by atoms with Crippen molar-refractivity contribution in [2.45, 2.75) is 399 Å². The Balaban J connectivity index is 3.97. The monoisotopic (exact) mass is 1360 g/mol. The first kappa shape index (κ1) is 93.2. The summed E-state index contributed by atoms with van der Waals surface area (Å²) in [5.41, 5.74) is 0. The van der Waals surface area contributed by atoms with Gasteiger partial charge in [0.15, 0.2) is 6.10 Å². The number of quaternary nitrogens is 1. The molecule has 0 fully saturated rings. The Kier molecular flexibility index (Phi) is 74.9. The number of carbonyl (C=O) groups is 3. The number of unbranched alkanes of at least 4 members (excludes halogenated alkanes) is 46. The van der Waals surface area contributed by atoms with Crippen molar-refractivity contribution in [2.75, 3.05) is 47.5 Å². The van der Waals surface area contributed by atoms with Crippen LogP contribution in [-0.2, 0) is 33.3 Å². The van der Waals surface area contributed by atoms with Crippen LogP contribution in [0.5, 0.6) is 0 Å². The van der Waals surface area contributed by atoms with Crippen LogP contribution in [-0.4, -0.2) is 87.4 Å². The number of carboxylic acid groups (broad SMARTS) is 1. The van der Waals surface area contributed by atoms with E-state index in [0.29, 0.717) is 17.4 Å². The summed E-state index contributed by atoms with van der Waals surface area (Å²) in [6.07, 6.45) is 106. The van der Waals surface area contributed by atoms with E-state index in [9.17, 15) is 19.5 Å². The second-order valence-corrected chi connectivity index (χ2v) is 29.1. The number of likely N-dealkylation sites (N-methyl/N-ethyl adjacent to an activating group) is 1. The van der Waals surface area contributed by atoms with Gasteiger partial charge in [0.05, 0.1) is 34.4 Å². The van der Waals surface area contributed by atoms with E-state index in [1.165, 1.54) is 276 Å². The van der Waals surface area contributed by atoms with Crippen LogP contribution in [0.15, 0.2) is 97.2 Å². The molecule has 562 valence electrons. The number of esters is 2. The van der Waals surface area contributed by atoms with Gasteiger partial charge in [-0.1, -0.05) is 374 Å². The molecule has 0 saturated heterocycles. The van der Waals surface area contributed by atoms with Crippen molar-refractivity contribution >= 4 is 17.9 Å². The van der Waals surface area contributed by atoms with Gasteiger partial charge in [-0.05, 0) is 96.3 Å². The van der Waals surface area contributed by atoms with Crippen molar-refractivity contribution in [3.63, 3.8) is 0 Å². The SMILES string of the molecule is CC/C=C\C/C=C\C/C=C\C/C=C\C/C=C\CCCCCCCCCCCCCCCCCCCC(=O)OC(COC(=O)CCCCCCCCCCCCCCCCCCCCCCCCCC/C=C\C/C=C\C/C=C\CCCCCCC)COC(OCC[N+](C)(C)C)C(=O)O. The van der Waals surface area contributed by atoms with E-state index >= 15 is 0 Å². The molecule has 0 aliphatic heterocycles. The van der Waals surface area contributed by atoms with Crippen LogP contribution in [0.3, 0.4) is 0 Å². The quantitative estimate of drug-likeness (QED) is 0.0211. The van der Waals surface area contributed by atoms with Gasteiger partial charge < -0.3 is 28.5 Å². The molecular formula is C88H158NO8+. The predicted octanol–water partition coefficient (Wildman–Crippen LogP) is 26.7. The van der Waals surface area contributed by atoms with Gasteiger partial charge in [-0.15, -0.1) is 0 Å². The lowest BCUT2D eigenvalue weighted by Crippen LogP contribution is -2.40. The molecule has 0 saturated carbocycles. The minimum atomic E-state index is -1.51. The van der Waals surface area contributed by atoms with E-state index in [-0.39, 0.29) is 38.2 Å². The van der Waals surface area contributed by atoms with Crippen molar-refractivity contribution in [3.05, 3.63) is 97.2 Å². The van der Waals surface area contributed by atoms with Crippen LogP contribution >= 0.6 is 0 Å². The van der Waals surface area contributed by atoms with E-state index in [1.807, 2.05) is 21.1 Å². The number of ether oxygens (including phenoxy) is 4. The maximum atomic E-state index is 13.0. The zero-order valence-corrected chi connectivity index (χ0v) is 64.5. The molecule has 0 bridgehead atoms. The highest BCUT2D eigenvalue weighted by Crippen LogP contribution is 2.19. The fourth-order valence-electron chi connectivity index (χ4n) is 12.1. The van der Waals surface area contributed by atoms with Gasteiger partial charge in [0, 0.05) is 12.8 Å². The van der Waals surface area contributed by atoms with Gasteiger partial charge >= 0.3 is 17.9 Å². The lowest BCUT2D eigenvalue weighted by molar-refractivity contribution is -0.870. The molecule has 0 heterocycles. The van der Waals surface area contributed by atoms with Crippen LogP contribution in [0.4, 0.5) is 0 Å². The second-order valence-electron chi connectivity index (χ2n) is 29.1. The van der Waals surface area contributed by atoms with Crippen molar-refractivity contribution in [2.24, 2.45) is 0 Å². The number of nitrogens with zero attached hydrogens (tertiary/aromatic N) is 1. The average Bonchev–Trinajstić information content (AvgIpc) is 2.59. The molecule has 0 aliphatic carbocycles. The molecule has 2 unspecified atom stereocenters. The Morgan fingerprint density at radius 2 is 0.588 bits per heavy atom. The van der Waals surface area contributed by atoms with Crippen molar-refractivity contribution in [1.82, 2.24) is 0 Å². The molecule has 0 aromatic rings. The van der Waals surface area contributed by atoms with Gasteiger partial charge in [-0.2, -0.15) is 0 Å². The highest BCUT2D eigenvalue weighted by Gasteiger charge is 2.25. The van der Waals surface area contributed by atoms with Gasteiger partial charge in [-0.25, -0.2) is 4.79 Å². The smallest absolute Gasteiger partial charge is 0.361 e. The molecule has 9 nitrogen and oxygen atoms in total. The number of carboxylic acids is 1. The van der Waals surface area contributed by atoms with E-state index < -0.39 is 18.4 Å². The third kappa shape index (κ3) is 79.4. The summed E-state index contributed by atoms with van der Waals surface area (Å²) in [5, 5.41) is 9.78. The van der Waals surface area contributed by atoms with Crippen LogP contribution in [0, 0.1) is 0 Å². The normalized spacial score (nSPS) is 13.1. The lowest BCUT2D eigenvalue weighted by Gasteiger charge is -2.25. The summed E-state index contributed by atoms with van der Waals surface area (Å²) in [6, 6.07) is 0. The molecule has 0 aromatic carbocycles. The number of aliphatic carboxylic acids is 1. The van der Waals surface area contributed by atoms with Crippen LogP contribution in [0.2, 0.25) is 0 Å². The first-order valence-electron chi connectivity index (χ1n) is 41.4. The maximum Gasteiger partial charge on any atom is 0.361 e. The molecule has 0 aromatic heterocycles. The number of carbonyl (C=O) groups excluding carboxylic acids is 2. The first-order valence-corrected chi connectivity index (χ1v) is 41.4. The fraction of sp³-hybridized carbons (Fsp3) is 0.784. The van der Waals surface area contributed by atoms with Crippen molar-refractivity contribution in [1.29, 1.82) is 0 Å².